The van der Waals surface area contributed by atoms with Gasteiger partial charge in [0.15, 0.2) is 5.96 Å². The van der Waals surface area contributed by atoms with Crippen molar-refractivity contribution < 1.29 is 24.3 Å². The molecule has 3 amide bonds. The van der Waals surface area contributed by atoms with E-state index in [9.17, 15) is 24.3 Å². The van der Waals surface area contributed by atoms with Crippen LogP contribution in [0, 0.1) is 5.92 Å². The average Bonchev–Trinajstić information content (AvgIpc) is 3.31. The number of carboxylic acid groups (broad SMARTS) is 1. The molecule has 4 atom stereocenters. The molecule has 1 aromatic heterocycles. The summed E-state index contributed by atoms with van der Waals surface area (Å²) in [6.45, 7) is 3.87. The first-order valence-electron chi connectivity index (χ1n) is 13.0. The van der Waals surface area contributed by atoms with Gasteiger partial charge in [0.05, 0.1) is 6.04 Å². The van der Waals surface area contributed by atoms with Crippen molar-refractivity contribution in [3.63, 3.8) is 0 Å². The first kappa shape index (κ1) is 32.4. The van der Waals surface area contributed by atoms with Crippen LogP contribution in [0.2, 0.25) is 0 Å². The van der Waals surface area contributed by atoms with Crippen molar-refractivity contribution in [3.8, 4) is 0 Å². The van der Waals surface area contributed by atoms with Gasteiger partial charge in [0.1, 0.15) is 18.1 Å². The quantitative estimate of drug-likeness (QED) is 0.0551. The fourth-order valence-corrected chi connectivity index (χ4v) is 4.27. The van der Waals surface area contributed by atoms with E-state index >= 15 is 0 Å². The average molecular weight is 577 g/mol. The van der Waals surface area contributed by atoms with Gasteiger partial charge >= 0.3 is 5.97 Å². The maximum Gasteiger partial charge on any atom is 0.326 e. The van der Waals surface area contributed by atoms with Gasteiger partial charge in [0, 0.05) is 35.8 Å². The molecule has 4 unspecified atom stereocenters. The van der Waals surface area contributed by atoms with Crippen LogP contribution in [0.1, 0.15) is 38.7 Å². The van der Waals surface area contributed by atoms with Crippen molar-refractivity contribution in [2.45, 2.75) is 63.7 Å². The number of aromatic nitrogens is 1. The maximum atomic E-state index is 13.5. The Bertz CT molecular complexity index is 1200. The number of aliphatic carboxylic acids is 1. The van der Waals surface area contributed by atoms with Gasteiger partial charge in [0.2, 0.25) is 17.7 Å². The molecule has 0 saturated heterocycles. The van der Waals surface area contributed by atoms with Gasteiger partial charge < -0.3 is 43.2 Å². The number of fused-ring (bicyclic) bond motifs is 1. The number of nitrogens with one attached hydrogen (secondary N) is 4. The Kier molecular flexibility index (Phi) is 12.7. The van der Waals surface area contributed by atoms with Crippen LogP contribution in [0.3, 0.4) is 0 Å². The molecular formula is C26H40N8O5S. The van der Waals surface area contributed by atoms with Crippen LogP contribution in [0.15, 0.2) is 35.5 Å². The molecule has 0 spiro atoms. The summed E-state index contributed by atoms with van der Waals surface area (Å²) >= 11 is 4.06. The van der Waals surface area contributed by atoms with Crippen LogP contribution >= 0.6 is 12.6 Å². The number of amides is 3. The van der Waals surface area contributed by atoms with Crippen molar-refractivity contribution in [1.29, 1.82) is 0 Å². The van der Waals surface area contributed by atoms with Gasteiger partial charge in [-0.2, -0.15) is 12.6 Å². The molecular weight excluding hydrogens is 536 g/mol. The van der Waals surface area contributed by atoms with E-state index in [1.54, 1.807) is 6.20 Å². The van der Waals surface area contributed by atoms with Crippen molar-refractivity contribution in [2.24, 2.45) is 28.1 Å². The molecule has 1 aromatic carbocycles. The molecule has 0 saturated carbocycles. The Hall–Kier alpha value is -3.78. The van der Waals surface area contributed by atoms with Crippen LogP contribution in [0.4, 0.5) is 0 Å². The van der Waals surface area contributed by atoms with Gasteiger partial charge in [-0.05, 0) is 36.8 Å². The van der Waals surface area contributed by atoms with E-state index in [4.69, 9.17) is 17.2 Å². The SMILES string of the molecule is CC(C)CC(NC(=O)C(CCCN=C(N)N)NC(=O)C(Cc1c[nH]c2ccccc12)NC(=O)C(N)CS)C(=O)O. The summed E-state index contributed by atoms with van der Waals surface area (Å²) in [5.41, 5.74) is 18.2. The molecule has 13 nitrogen and oxygen atoms in total. The van der Waals surface area contributed by atoms with E-state index in [2.05, 4.69) is 38.6 Å². The monoisotopic (exact) mass is 576 g/mol. The summed E-state index contributed by atoms with van der Waals surface area (Å²) in [7, 11) is 0. The number of H-pyrrole nitrogens is 1. The number of carbonyl (C=O) groups is 4. The van der Waals surface area contributed by atoms with E-state index < -0.39 is 47.9 Å². The highest BCUT2D eigenvalue weighted by Crippen LogP contribution is 2.19. The highest BCUT2D eigenvalue weighted by atomic mass is 32.1. The molecule has 11 N–H and O–H groups in total. The molecule has 220 valence electrons. The third kappa shape index (κ3) is 10.1. The Morgan fingerprint density at radius 3 is 2.25 bits per heavy atom. The molecule has 40 heavy (non-hydrogen) atoms. The zero-order valence-electron chi connectivity index (χ0n) is 22.7. The summed E-state index contributed by atoms with van der Waals surface area (Å²) in [6.07, 6.45) is 2.50. The van der Waals surface area contributed by atoms with E-state index in [1.165, 1.54) is 0 Å². The number of aromatic amines is 1. The number of hydrogen-bond donors (Lipinski definition) is 9. The number of thiol groups is 1. The smallest absolute Gasteiger partial charge is 0.326 e. The second-order valence-corrected chi connectivity index (χ2v) is 10.3. The zero-order chi connectivity index (χ0) is 29.8. The standard InChI is InChI=1S/C26H40N8O5S/c1-14(2)10-21(25(38)39)34-23(36)19(8-5-9-30-26(28)29)32-24(37)20(33-22(35)17(27)13-40)11-15-12-31-18-7-4-3-6-16(15)18/h3-4,6-7,12,14,17,19-21,31,40H,5,8-11,13,27H2,1-2H3,(H,32,37)(H,33,35)(H,34,36)(H,38,39)(H4,28,29,30). The summed E-state index contributed by atoms with van der Waals surface area (Å²) in [5.74, 6) is -3.12. The van der Waals surface area contributed by atoms with E-state index in [1.807, 2.05) is 38.1 Å². The third-order valence-corrected chi connectivity index (χ3v) is 6.56. The Morgan fingerprint density at radius 1 is 1.00 bits per heavy atom. The van der Waals surface area contributed by atoms with E-state index in [0.717, 1.165) is 16.5 Å². The fraction of sp³-hybridized carbons (Fsp3) is 0.500. The van der Waals surface area contributed by atoms with Gasteiger partial charge in [-0.1, -0.05) is 32.0 Å². The Balaban J connectivity index is 2.30. The minimum absolute atomic E-state index is 0.00288. The number of hydrogen-bond acceptors (Lipinski definition) is 7. The zero-order valence-corrected chi connectivity index (χ0v) is 23.6. The third-order valence-electron chi connectivity index (χ3n) is 6.17. The number of nitrogens with zero attached hydrogens (tertiary/aromatic N) is 1. The topological polar surface area (TPSA) is 231 Å². The lowest BCUT2D eigenvalue weighted by Crippen LogP contribution is -2.57. The fourth-order valence-electron chi connectivity index (χ4n) is 4.10. The highest BCUT2D eigenvalue weighted by molar-refractivity contribution is 7.80. The van der Waals surface area contributed by atoms with Gasteiger partial charge in [-0.15, -0.1) is 0 Å². The van der Waals surface area contributed by atoms with Crippen molar-refractivity contribution in [1.82, 2.24) is 20.9 Å². The molecule has 14 heteroatoms. The van der Waals surface area contributed by atoms with Crippen LogP contribution in [0.5, 0.6) is 0 Å². The molecule has 1 heterocycles. The lowest BCUT2D eigenvalue weighted by atomic mass is 10.0. The molecule has 0 radical (unpaired) electrons. The number of carboxylic acids is 1. The number of benzene rings is 1. The number of carbonyl (C=O) groups excluding carboxylic acids is 3. The minimum Gasteiger partial charge on any atom is -0.480 e. The van der Waals surface area contributed by atoms with Crippen LogP contribution in [-0.2, 0) is 25.6 Å². The second kappa shape index (κ2) is 15.7. The van der Waals surface area contributed by atoms with E-state index in [0.29, 0.717) is 6.42 Å². The molecule has 0 aliphatic heterocycles. The van der Waals surface area contributed by atoms with Crippen molar-refractivity contribution in [3.05, 3.63) is 36.0 Å². The van der Waals surface area contributed by atoms with Gasteiger partial charge in [0.25, 0.3) is 0 Å². The largest absolute Gasteiger partial charge is 0.480 e. The first-order chi connectivity index (χ1) is 18.9. The lowest BCUT2D eigenvalue weighted by Gasteiger charge is -2.25. The number of rotatable bonds is 16. The molecule has 0 bridgehead atoms. The Morgan fingerprint density at radius 2 is 1.62 bits per heavy atom. The summed E-state index contributed by atoms with van der Waals surface area (Å²) in [6, 6.07) is 3.21. The van der Waals surface area contributed by atoms with Crippen molar-refractivity contribution >= 4 is 53.2 Å². The molecule has 0 aliphatic rings. The predicted molar refractivity (Wildman–Crippen MR) is 157 cm³/mol. The lowest BCUT2D eigenvalue weighted by molar-refractivity contribution is -0.142. The second-order valence-electron chi connectivity index (χ2n) is 9.95. The predicted octanol–water partition coefficient (Wildman–Crippen LogP) is -0.394. The first-order valence-corrected chi connectivity index (χ1v) is 13.7. The highest BCUT2D eigenvalue weighted by Gasteiger charge is 2.31. The molecule has 0 fully saturated rings. The van der Waals surface area contributed by atoms with Gasteiger partial charge in [-0.25, -0.2) is 4.79 Å². The number of nitrogens with two attached hydrogens (primary N) is 3. The number of para-hydroxylation sites is 1. The van der Waals surface area contributed by atoms with Gasteiger partial charge in [-0.3, -0.25) is 19.4 Å². The van der Waals surface area contributed by atoms with Crippen LogP contribution in [0.25, 0.3) is 10.9 Å². The van der Waals surface area contributed by atoms with Crippen LogP contribution in [-0.4, -0.2) is 76.2 Å². The summed E-state index contributed by atoms with van der Waals surface area (Å²) in [5, 5.41) is 18.3. The molecule has 0 aliphatic carbocycles. The summed E-state index contributed by atoms with van der Waals surface area (Å²) in [4.78, 5) is 58.2. The van der Waals surface area contributed by atoms with Crippen molar-refractivity contribution in [2.75, 3.05) is 12.3 Å². The number of aliphatic imine (C=N–C) groups is 1. The summed E-state index contributed by atoms with van der Waals surface area (Å²) < 4.78 is 0. The van der Waals surface area contributed by atoms with E-state index in [-0.39, 0.29) is 43.4 Å². The maximum absolute atomic E-state index is 13.5. The minimum atomic E-state index is -1.18. The van der Waals surface area contributed by atoms with Crippen LogP contribution < -0.4 is 33.2 Å². The Labute approximate surface area is 238 Å². The molecule has 2 aromatic rings. The molecule has 2 rings (SSSR count). The number of guanidine groups is 1. The normalized spacial score (nSPS) is 14.1.